The van der Waals surface area contributed by atoms with Gasteiger partial charge in [0.1, 0.15) is 17.2 Å². The zero-order valence-electron chi connectivity index (χ0n) is 22.6. The van der Waals surface area contributed by atoms with E-state index in [0.29, 0.717) is 28.3 Å². The van der Waals surface area contributed by atoms with E-state index in [-0.39, 0.29) is 17.7 Å². The number of rotatable bonds is 6. The zero-order valence-corrected chi connectivity index (χ0v) is 22.6. The molecule has 7 nitrogen and oxygen atoms in total. The third-order valence-electron chi connectivity index (χ3n) is 5.85. The molecule has 0 saturated heterocycles. The van der Waals surface area contributed by atoms with Crippen LogP contribution in [0.1, 0.15) is 53.5 Å². The molecule has 0 bridgehead atoms. The minimum atomic E-state index is -0.766. The molecule has 0 unspecified atom stereocenters. The lowest BCUT2D eigenvalue weighted by molar-refractivity contribution is 0.0573. The van der Waals surface area contributed by atoms with E-state index in [1.165, 1.54) is 18.1 Å². The number of carbonyl (C=O) groups excluding carboxylic acids is 2. The fourth-order valence-electron chi connectivity index (χ4n) is 4.07. The van der Waals surface area contributed by atoms with Crippen molar-refractivity contribution in [2.45, 2.75) is 53.7 Å². The first-order chi connectivity index (χ1) is 17.4. The lowest BCUT2D eigenvalue weighted by atomic mass is 9.96. The van der Waals surface area contributed by atoms with Crippen molar-refractivity contribution in [3.05, 3.63) is 76.4 Å². The van der Waals surface area contributed by atoms with Crippen LogP contribution in [-0.4, -0.2) is 36.9 Å². The number of hydrogen-bond acceptors (Lipinski definition) is 6. The van der Waals surface area contributed by atoms with Gasteiger partial charge in [-0.3, -0.25) is 9.88 Å². The van der Waals surface area contributed by atoms with Crippen LogP contribution in [0.5, 0.6) is 5.75 Å². The van der Waals surface area contributed by atoms with Crippen LogP contribution >= 0.6 is 0 Å². The molecule has 0 aliphatic carbocycles. The van der Waals surface area contributed by atoms with Gasteiger partial charge in [-0.05, 0) is 70.9 Å². The van der Waals surface area contributed by atoms with Crippen LogP contribution in [0.3, 0.4) is 0 Å². The lowest BCUT2D eigenvalue weighted by Crippen LogP contribution is -2.37. The van der Waals surface area contributed by atoms with Crippen LogP contribution in [0.2, 0.25) is 0 Å². The minimum absolute atomic E-state index is 0.0561. The molecule has 0 aliphatic rings. The van der Waals surface area contributed by atoms with Gasteiger partial charge in [0.15, 0.2) is 0 Å². The number of hydrogen-bond donors (Lipinski definition) is 0. The zero-order chi connectivity index (χ0) is 27.5. The van der Waals surface area contributed by atoms with E-state index in [2.05, 4.69) is 4.98 Å². The van der Waals surface area contributed by atoms with Crippen molar-refractivity contribution in [1.29, 1.82) is 0 Å². The maximum Gasteiger partial charge on any atom is 0.415 e. The number of pyridine rings is 1. The van der Waals surface area contributed by atoms with Gasteiger partial charge >= 0.3 is 12.1 Å². The van der Waals surface area contributed by atoms with Crippen molar-refractivity contribution in [3.8, 4) is 16.9 Å². The second-order valence-corrected chi connectivity index (χ2v) is 9.77. The summed E-state index contributed by atoms with van der Waals surface area (Å²) in [5, 5.41) is 0. The minimum Gasteiger partial charge on any atom is -0.496 e. The molecule has 0 N–H and O–H groups in total. The number of carbonyl (C=O) groups is 2. The molecule has 1 amide bonds. The number of halogens is 1. The van der Waals surface area contributed by atoms with Crippen molar-refractivity contribution in [2.24, 2.45) is 0 Å². The average molecular weight is 509 g/mol. The summed E-state index contributed by atoms with van der Waals surface area (Å²) in [6.07, 6.45) is 1.06. The highest BCUT2D eigenvalue weighted by atomic mass is 19.1. The summed E-state index contributed by atoms with van der Waals surface area (Å²) in [7, 11) is 2.85. The Labute approximate surface area is 217 Å². The normalized spacial score (nSPS) is 11.2. The van der Waals surface area contributed by atoms with Gasteiger partial charge in [-0.1, -0.05) is 18.2 Å². The summed E-state index contributed by atoms with van der Waals surface area (Å²) in [4.78, 5) is 31.8. The van der Waals surface area contributed by atoms with Crippen molar-refractivity contribution in [3.63, 3.8) is 0 Å². The van der Waals surface area contributed by atoms with Crippen LogP contribution in [0.25, 0.3) is 11.1 Å². The van der Waals surface area contributed by atoms with Crippen LogP contribution in [0.4, 0.5) is 14.9 Å². The fourth-order valence-corrected chi connectivity index (χ4v) is 4.07. The second kappa shape index (κ2) is 11.0. The van der Waals surface area contributed by atoms with E-state index in [9.17, 15) is 9.59 Å². The number of amides is 1. The number of methoxy groups -OCH3 is 2. The molecule has 37 heavy (non-hydrogen) atoms. The van der Waals surface area contributed by atoms with Gasteiger partial charge in [0, 0.05) is 28.6 Å². The predicted octanol–water partition coefficient (Wildman–Crippen LogP) is 6.55. The summed E-state index contributed by atoms with van der Waals surface area (Å²) in [6.45, 7) is 10.7. The highest BCUT2D eigenvalue weighted by Crippen LogP contribution is 2.34. The van der Waals surface area contributed by atoms with Crippen molar-refractivity contribution in [2.75, 3.05) is 19.1 Å². The van der Waals surface area contributed by atoms with Gasteiger partial charge < -0.3 is 14.2 Å². The molecule has 196 valence electrons. The number of aryl methyl sites for hydroxylation is 2. The van der Waals surface area contributed by atoms with E-state index in [1.807, 2.05) is 13.8 Å². The summed E-state index contributed by atoms with van der Waals surface area (Å²) >= 11 is 0. The Balaban J connectivity index is 2.20. The number of esters is 1. The summed E-state index contributed by atoms with van der Waals surface area (Å²) in [5.41, 5.74) is 2.91. The molecule has 1 heterocycles. The Morgan fingerprint density at radius 2 is 1.68 bits per heavy atom. The number of anilines is 1. The van der Waals surface area contributed by atoms with E-state index >= 15 is 4.39 Å². The third-order valence-corrected chi connectivity index (χ3v) is 5.85. The molecular weight excluding hydrogens is 475 g/mol. The van der Waals surface area contributed by atoms with E-state index < -0.39 is 23.5 Å². The molecule has 1 aromatic heterocycles. The molecule has 0 radical (unpaired) electrons. The predicted molar refractivity (Wildman–Crippen MR) is 141 cm³/mol. The number of nitrogens with zero attached hydrogens (tertiary/aromatic N) is 2. The van der Waals surface area contributed by atoms with Crippen molar-refractivity contribution in [1.82, 2.24) is 4.98 Å². The quantitative estimate of drug-likeness (QED) is 0.352. The van der Waals surface area contributed by atoms with Crippen LogP contribution in [0.15, 0.2) is 42.6 Å². The topological polar surface area (TPSA) is 78.0 Å². The molecule has 0 saturated carbocycles. The highest BCUT2D eigenvalue weighted by Gasteiger charge is 2.27. The number of aromatic nitrogens is 1. The lowest BCUT2D eigenvalue weighted by Gasteiger charge is -2.28. The SMILES string of the molecule is COC(=O)c1ccccc1-c1cc(N(Cc2ncc(C)c(OC)c2C)C(=O)OC(C)(C)C)cc(C)c1F. The monoisotopic (exact) mass is 508 g/mol. The maximum atomic E-state index is 15.5. The van der Waals surface area contributed by atoms with E-state index in [1.54, 1.807) is 71.3 Å². The summed E-state index contributed by atoms with van der Waals surface area (Å²) < 4.78 is 31.6. The van der Waals surface area contributed by atoms with E-state index in [0.717, 1.165) is 11.1 Å². The third kappa shape index (κ3) is 6.07. The summed E-state index contributed by atoms with van der Waals surface area (Å²) in [6, 6.07) is 9.71. The smallest absolute Gasteiger partial charge is 0.415 e. The van der Waals surface area contributed by atoms with Gasteiger partial charge in [-0.25, -0.2) is 14.0 Å². The van der Waals surface area contributed by atoms with Gasteiger partial charge in [-0.15, -0.1) is 0 Å². The fraction of sp³-hybridized carbons (Fsp3) is 0.345. The maximum absolute atomic E-state index is 15.5. The second-order valence-electron chi connectivity index (χ2n) is 9.77. The van der Waals surface area contributed by atoms with Crippen LogP contribution in [-0.2, 0) is 16.0 Å². The van der Waals surface area contributed by atoms with Gasteiger partial charge in [0.25, 0.3) is 0 Å². The largest absolute Gasteiger partial charge is 0.496 e. The Morgan fingerprint density at radius 1 is 1.00 bits per heavy atom. The van der Waals surface area contributed by atoms with Gasteiger partial charge in [-0.2, -0.15) is 0 Å². The van der Waals surface area contributed by atoms with Crippen molar-refractivity contribution >= 4 is 17.7 Å². The molecule has 2 aromatic carbocycles. The van der Waals surface area contributed by atoms with Crippen molar-refractivity contribution < 1.29 is 28.2 Å². The highest BCUT2D eigenvalue weighted by molar-refractivity contribution is 5.98. The van der Waals surface area contributed by atoms with Crippen LogP contribution in [0, 0.1) is 26.6 Å². The first-order valence-corrected chi connectivity index (χ1v) is 11.8. The van der Waals surface area contributed by atoms with Crippen LogP contribution < -0.4 is 9.64 Å². The standard InChI is InChI=1S/C29H33FN2O5/c1-17-13-20(14-23(25(17)30)21-11-9-10-12-22(21)27(33)36-8)32(28(34)37-29(4,5)6)16-24-19(3)26(35-7)18(2)15-31-24/h9-15H,16H2,1-8H3. The Morgan fingerprint density at radius 3 is 2.30 bits per heavy atom. The van der Waals surface area contributed by atoms with E-state index in [4.69, 9.17) is 14.2 Å². The molecule has 8 heteroatoms. The first kappa shape index (κ1) is 27.6. The summed E-state index contributed by atoms with van der Waals surface area (Å²) in [5.74, 6) is -0.415. The molecule has 0 spiro atoms. The Kier molecular flexibility index (Phi) is 8.21. The molecule has 0 aliphatic heterocycles. The Bertz CT molecular complexity index is 1330. The van der Waals surface area contributed by atoms with Gasteiger partial charge in [0.05, 0.1) is 32.0 Å². The first-order valence-electron chi connectivity index (χ1n) is 11.8. The Hall–Kier alpha value is -3.94. The number of ether oxygens (including phenoxy) is 3. The van der Waals surface area contributed by atoms with Gasteiger partial charge in [0.2, 0.25) is 0 Å². The molecule has 0 fully saturated rings. The average Bonchev–Trinajstić information content (AvgIpc) is 2.84. The molecular formula is C29H33FN2O5. The molecule has 3 aromatic rings. The molecule has 0 atom stereocenters. The molecule has 3 rings (SSSR count). The number of benzene rings is 2.